The van der Waals surface area contributed by atoms with E-state index in [1.165, 1.54) is 31.2 Å². The van der Waals surface area contributed by atoms with E-state index in [0.29, 0.717) is 5.70 Å². The Labute approximate surface area is 205 Å². The van der Waals surface area contributed by atoms with Crippen LogP contribution in [-0.4, -0.2) is 81.2 Å². The molecular formula is C23H28N2O11. The van der Waals surface area contributed by atoms with Gasteiger partial charge in [0.05, 0.1) is 35.2 Å². The molecular weight excluding hydrogens is 480 g/mol. The van der Waals surface area contributed by atoms with Crippen LogP contribution in [0.15, 0.2) is 46.8 Å². The number of nitrogens with one attached hydrogen (secondary N) is 1. The third-order valence-electron chi connectivity index (χ3n) is 5.54. The molecule has 0 aliphatic carbocycles. The summed E-state index contributed by atoms with van der Waals surface area (Å²) in [6.45, 7) is 3.67. The van der Waals surface area contributed by atoms with Gasteiger partial charge in [-0.3, -0.25) is 14.9 Å². The van der Waals surface area contributed by atoms with Gasteiger partial charge in [-0.2, -0.15) is 0 Å². The number of nitrogens with zero attached hydrogens (tertiary/aromatic N) is 1. The number of dihydropyridines is 1. The fourth-order valence-corrected chi connectivity index (χ4v) is 3.79. The van der Waals surface area contributed by atoms with Crippen LogP contribution in [0, 0.1) is 10.1 Å². The molecule has 0 saturated heterocycles. The molecule has 1 unspecified atom stereocenters. The van der Waals surface area contributed by atoms with Crippen LogP contribution >= 0.6 is 0 Å². The average molecular weight is 508 g/mol. The molecule has 0 fully saturated rings. The van der Waals surface area contributed by atoms with E-state index in [1.54, 1.807) is 13.8 Å². The van der Waals surface area contributed by atoms with Crippen molar-refractivity contribution >= 4 is 23.9 Å². The maximum absolute atomic E-state index is 13.3. The second-order valence-electron chi connectivity index (χ2n) is 7.95. The maximum Gasteiger partial charge on any atom is 0.337 e. The number of nitro groups is 1. The van der Waals surface area contributed by atoms with Crippen molar-refractivity contribution in [2.75, 3.05) is 13.2 Å². The van der Waals surface area contributed by atoms with Crippen molar-refractivity contribution in [2.45, 2.75) is 51.1 Å². The minimum Gasteiger partial charge on any atom is -0.463 e. The third kappa shape index (κ3) is 6.12. The number of benzene rings is 1. The first-order valence-corrected chi connectivity index (χ1v) is 10.9. The van der Waals surface area contributed by atoms with E-state index in [9.17, 15) is 39.8 Å². The van der Waals surface area contributed by atoms with Crippen molar-refractivity contribution in [3.05, 3.63) is 62.5 Å². The van der Waals surface area contributed by atoms with E-state index in [1.807, 2.05) is 0 Å². The fourth-order valence-electron chi connectivity index (χ4n) is 3.79. The van der Waals surface area contributed by atoms with Gasteiger partial charge in [0, 0.05) is 23.5 Å². The Hall–Kier alpha value is -3.65. The number of hydrogen-bond donors (Lipinski definition) is 5. The van der Waals surface area contributed by atoms with Gasteiger partial charge in [-0.15, -0.1) is 0 Å². The smallest absolute Gasteiger partial charge is 0.337 e. The van der Waals surface area contributed by atoms with Crippen LogP contribution in [0.25, 0.3) is 0 Å². The number of rotatable bonds is 11. The third-order valence-corrected chi connectivity index (χ3v) is 5.54. The number of aliphatic hydroxyl groups is 4. The topological polar surface area (TPSA) is 206 Å². The highest BCUT2D eigenvalue weighted by atomic mass is 16.6. The van der Waals surface area contributed by atoms with E-state index in [0.717, 1.165) is 0 Å². The van der Waals surface area contributed by atoms with Crippen molar-refractivity contribution in [2.24, 2.45) is 0 Å². The van der Waals surface area contributed by atoms with Crippen LogP contribution in [0.1, 0.15) is 32.3 Å². The second-order valence-corrected chi connectivity index (χ2v) is 7.95. The van der Waals surface area contributed by atoms with Crippen LogP contribution in [-0.2, 0) is 23.9 Å². The quantitative estimate of drug-likeness (QED) is 0.112. The lowest BCUT2D eigenvalue weighted by Crippen LogP contribution is -2.48. The molecule has 0 aromatic heterocycles. The summed E-state index contributed by atoms with van der Waals surface area (Å²) in [5.74, 6) is -3.20. The fraction of sp³-hybridized carbons (Fsp3) is 0.435. The molecule has 13 heteroatoms. The minimum atomic E-state index is -2.09. The van der Waals surface area contributed by atoms with Crippen LogP contribution in [0.2, 0.25) is 0 Å². The summed E-state index contributed by atoms with van der Waals surface area (Å²) in [6, 6.07) is 5.24. The summed E-state index contributed by atoms with van der Waals surface area (Å²) in [5.41, 5.74) is 0.136. The van der Waals surface area contributed by atoms with Crippen LogP contribution in [0.5, 0.6) is 0 Å². The van der Waals surface area contributed by atoms with Gasteiger partial charge in [0.1, 0.15) is 18.3 Å². The highest BCUT2D eigenvalue weighted by Gasteiger charge is 2.41. The molecule has 0 saturated carbocycles. The molecule has 0 radical (unpaired) electrons. The summed E-state index contributed by atoms with van der Waals surface area (Å²) in [4.78, 5) is 48.4. The summed E-state index contributed by atoms with van der Waals surface area (Å²) in [5, 5.41) is 52.9. The molecule has 13 nitrogen and oxygen atoms in total. The van der Waals surface area contributed by atoms with Gasteiger partial charge in [0.15, 0.2) is 12.4 Å². The van der Waals surface area contributed by atoms with Crippen LogP contribution < -0.4 is 5.32 Å². The number of carbonyl (C=O) groups excluding carboxylic acids is 3. The van der Waals surface area contributed by atoms with E-state index in [-0.39, 0.29) is 41.0 Å². The molecule has 36 heavy (non-hydrogen) atoms. The van der Waals surface area contributed by atoms with E-state index < -0.39 is 53.8 Å². The van der Waals surface area contributed by atoms with E-state index >= 15 is 0 Å². The summed E-state index contributed by atoms with van der Waals surface area (Å²) < 4.78 is 10.3. The van der Waals surface area contributed by atoms with Gasteiger partial charge in [-0.25, -0.2) is 9.59 Å². The molecule has 1 aliphatic heterocycles. The van der Waals surface area contributed by atoms with Crippen LogP contribution in [0.3, 0.4) is 0 Å². The molecule has 196 valence electrons. The van der Waals surface area contributed by atoms with Crippen molar-refractivity contribution in [3.63, 3.8) is 0 Å². The van der Waals surface area contributed by atoms with E-state index in [4.69, 9.17) is 14.6 Å². The first kappa shape index (κ1) is 28.6. The average Bonchev–Trinajstić information content (AvgIpc) is 2.85. The normalized spacial score (nSPS) is 19.0. The molecule has 2 rings (SSSR count). The Morgan fingerprint density at radius 3 is 2.28 bits per heavy atom. The van der Waals surface area contributed by atoms with Gasteiger partial charge in [0.25, 0.3) is 5.69 Å². The molecule has 0 amide bonds. The number of non-ortho nitro benzene ring substituents is 1. The van der Waals surface area contributed by atoms with Gasteiger partial charge in [0.2, 0.25) is 0 Å². The van der Waals surface area contributed by atoms with Crippen molar-refractivity contribution < 1.29 is 49.2 Å². The number of nitro benzene ring substituents is 1. The predicted molar refractivity (Wildman–Crippen MR) is 122 cm³/mol. The molecule has 0 bridgehead atoms. The SMILES string of the molecule is CCOC(=O)C1=C(C)NC(C)=C(C(=O)O[C@@H](C=O)[C@@H](O)[C@H](O)[C@H](O)CO)C1c1cccc([N+](=O)[O-])c1. The number of ether oxygens (including phenoxy) is 2. The molecule has 0 spiro atoms. The molecule has 5 N–H and O–H groups in total. The minimum absolute atomic E-state index is 0.00419. The van der Waals surface area contributed by atoms with Crippen molar-refractivity contribution in [3.8, 4) is 0 Å². The van der Waals surface area contributed by atoms with Gasteiger partial charge in [-0.05, 0) is 26.3 Å². The summed E-state index contributed by atoms with van der Waals surface area (Å²) in [7, 11) is 0. The van der Waals surface area contributed by atoms with Crippen molar-refractivity contribution in [1.82, 2.24) is 5.32 Å². The van der Waals surface area contributed by atoms with Gasteiger partial charge in [-0.1, -0.05) is 12.1 Å². The Morgan fingerprint density at radius 2 is 1.75 bits per heavy atom. The first-order valence-electron chi connectivity index (χ1n) is 10.9. The molecule has 1 aliphatic rings. The highest BCUT2D eigenvalue weighted by molar-refractivity contribution is 6.00. The zero-order valence-electron chi connectivity index (χ0n) is 19.8. The number of allylic oxidation sites excluding steroid dienone is 2. The molecule has 1 aromatic carbocycles. The monoisotopic (exact) mass is 508 g/mol. The van der Waals surface area contributed by atoms with Crippen LogP contribution in [0.4, 0.5) is 5.69 Å². The van der Waals surface area contributed by atoms with Gasteiger partial charge >= 0.3 is 11.9 Å². The number of esters is 2. The standard InChI is InChI=1S/C23H28N2O11/c1-4-35-22(31)17-11(2)24-12(3)18(19(17)13-6-5-7-14(8-13)25(33)34)23(32)36-16(10-27)21(30)20(29)15(28)9-26/h5-8,10,15-16,19-21,24,26,28-30H,4,9H2,1-3H3/t15-,16+,19?,20-,21-/m1/s1. The predicted octanol–water partition coefficient (Wildman–Crippen LogP) is -0.422. The number of aldehydes is 1. The summed E-state index contributed by atoms with van der Waals surface area (Å²) in [6.07, 6.45) is -7.88. The zero-order chi connectivity index (χ0) is 27.2. The maximum atomic E-state index is 13.3. The molecule has 1 heterocycles. The largest absolute Gasteiger partial charge is 0.463 e. The molecule has 5 atom stereocenters. The molecule has 1 aromatic rings. The zero-order valence-corrected chi connectivity index (χ0v) is 19.8. The number of aliphatic hydroxyl groups excluding tert-OH is 4. The lowest BCUT2D eigenvalue weighted by atomic mass is 9.80. The Balaban J connectivity index is 2.58. The highest BCUT2D eigenvalue weighted by Crippen LogP contribution is 2.40. The number of carbonyl (C=O) groups is 3. The second kappa shape index (κ2) is 12.4. The first-order chi connectivity index (χ1) is 17.0. The van der Waals surface area contributed by atoms with Crippen molar-refractivity contribution in [1.29, 1.82) is 0 Å². The Morgan fingerprint density at radius 1 is 1.14 bits per heavy atom. The lowest BCUT2D eigenvalue weighted by molar-refractivity contribution is -0.384. The number of hydrogen-bond acceptors (Lipinski definition) is 12. The van der Waals surface area contributed by atoms with Gasteiger partial charge < -0.3 is 35.2 Å². The Bertz CT molecular complexity index is 1080. The lowest BCUT2D eigenvalue weighted by Gasteiger charge is -2.31. The summed E-state index contributed by atoms with van der Waals surface area (Å²) >= 11 is 0. The Kier molecular flexibility index (Phi) is 9.81. The van der Waals surface area contributed by atoms with E-state index in [2.05, 4.69) is 5.32 Å².